The molecule has 6 nitrogen and oxygen atoms in total. The lowest BCUT2D eigenvalue weighted by Gasteiger charge is -2.15. The van der Waals surface area contributed by atoms with Gasteiger partial charge in [0.05, 0.1) is 28.7 Å². The Balaban J connectivity index is 2.09. The maximum Gasteiger partial charge on any atom is 0.171 e. The predicted octanol–water partition coefficient (Wildman–Crippen LogP) is 5.20. The van der Waals surface area contributed by atoms with Crippen LogP contribution in [0.15, 0.2) is 36.8 Å². The first-order valence-corrected chi connectivity index (χ1v) is 9.48. The largest absolute Gasteiger partial charge is 0.344 e. The molecule has 6 heteroatoms. The minimum Gasteiger partial charge on any atom is -0.344 e. The smallest absolute Gasteiger partial charge is 0.171 e. The highest BCUT2D eigenvalue weighted by Gasteiger charge is 2.26. The molecule has 0 aliphatic heterocycles. The van der Waals surface area contributed by atoms with Crippen molar-refractivity contribution in [3.05, 3.63) is 48.1 Å². The molecule has 3 rings (SSSR count). The van der Waals surface area contributed by atoms with Gasteiger partial charge < -0.3 is 4.98 Å². The molecule has 0 saturated carbocycles. The van der Waals surface area contributed by atoms with Crippen LogP contribution in [-0.4, -0.2) is 25.7 Å². The molecule has 0 atom stereocenters. The van der Waals surface area contributed by atoms with Gasteiger partial charge in [0, 0.05) is 23.4 Å². The van der Waals surface area contributed by atoms with E-state index in [-0.39, 0.29) is 11.2 Å². The average Bonchev–Trinajstić information content (AvgIpc) is 3.07. The standard InChI is InChI=1S/C23H25N5O/c1-22(2,3)10-15(11-24)17-9-14(7-8-25-17)18-13-27-21-19(28-18)16(12-26-21)20(29)23(4,5)6/h7-10,12-13H,1-6H3,(H,26,27). The second-order valence-corrected chi connectivity index (χ2v) is 9.20. The SMILES string of the molecule is CC(C)(C)C=C(C#N)c1cc(-c2cnc3[nH]cc(C(=O)C(C)(C)C)c3n2)ccn1. The molecule has 0 saturated heterocycles. The van der Waals surface area contributed by atoms with E-state index in [0.717, 1.165) is 5.56 Å². The highest BCUT2D eigenvalue weighted by molar-refractivity contribution is 6.08. The Bertz CT molecular complexity index is 1150. The number of carbonyl (C=O) groups is 1. The van der Waals surface area contributed by atoms with Crippen LogP contribution in [0, 0.1) is 22.2 Å². The van der Waals surface area contributed by atoms with Crippen molar-refractivity contribution < 1.29 is 4.79 Å². The van der Waals surface area contributed by atoms with E-state index in [4.69, 9.17) is 4.98 Å². The number of fused-ring (bicyclic) bond motifs is 1. The van der Waals surface area contributed by atoms with E-state index in [1.54, 1.807) is 18.6 Å². The fourth-order valence-electron chi connectivity index (χ4n) is 2.94. The third-order valence-electron chi connectivity index (χ3n) is 4.34. The Kier molecular flexibility index (Phi) is 5.10. The number of rotatable bonds is 3. The van der Waals surface area contributed by atoms with Crippen LogP contribution in [-0.2, 0) is 0 Å². The number of aromatic amines is 1. The van der Waals surface area contributed by atoms with E-state index in [1.165, 1.54) is 0 Å². The van der Waals surface area contributed by atoms with Gasteiger partial charge in [-0.1, -0.05) is 47.6 Å². The Morgan fingerprint density at radius 2 is 1.90 bits per heavy atom. The summed E-state index contributed by atoms with van der Waals surface area (Å²) in [6, 6.07) is 5.88. The summed E-state index contributed by atoms with van der Waals surface area (Å²) in [5.41, 5.74) is 3.49. The number of aromatic nitrogens is 4. The van der Waals surface area contributed by atoms with Gasteiger partial charge in [-0.25, -0.2) is 9.97 Å². The van der Waals surface area contributed by atoms with Gasteiger partial charge in [0.1, 0.15) is 11.6 Å². The molecule has 0 bridgehead atoms. The second kappa shape index (κ2) is 7.25. The number of nitrogens with zero attached hydrogens (tertiary/aromatic N) is 4. The van der Waals surface area contributed by atoms with Gasteiger partial charge in [0.15, 0.2) is 11.4 Å². The number of carbonyl (C=O) groups excluding carboxylic acids is 1. The summed E-state index contributed by atoms with van der Waals surface area (Å²) in [5, 5.41) is 9.56. The highest BCUT2D eigenvalue weighted by atomic mass is 16.1. The van der Waals surface area contributed by atoms with E-state index in [9.17, 15) is 10.1 Å². The molecule has 0 radical (unpaired) electrons. The van der Waals surface area contributed by atoms with E-state index in [2.05, 4.69) is 21.0 Å². The van der Waals surface area contributed by atoms with Crippen LogP contribution in [0.3, 0.4) is 0 Å². The summed E-state index contributed by atoms with van der Waals surface area (Å²) < 4.78 is 0. The Hall–Kier alpha value is -3.33. The van der Waals surface area contributed by atoms with Crippen molar-refractivity contribution in [1.29, 1.82) is 5.26 Å². The molecule has 148 valence electrons. The number of hydrogen-bond donors (Lipinski definition) is 1. The molecule has 0 amide bonds. The molecule has 0 aliphatic rings. The van der Waals surface area contributed by atoms with Gasteiger partial charge in [-0.3, -0.25) is 9.78 Å². The van der Waals surface area contributed by atoms with Gasteiger partial charge >= 0.3 is 0 Å². The van der Waals surface area contributed by atoms with Crippen LogP contribution < -0.4 is 0 Å². The van der Waals surface area contributed by atoms with Crippen LogP contribution >= 0.6 is 0 Å². The van der Waals surface area contributed by atoms with Crippen LogP contribution in [0.4, 0.5) is 0 Å². The summed E-state index contributed by atoms with van der Waals surface area (Å²) in [6.07, 6.45) is 6.88. The fraction of sp³-hybridized carbons (Fsp3) is 0.348. The molecule has 0 spiro atoms. The molecule has 0 fully saturated rings. The maximum absolute atomic E-state index is 12.8. The Morgan fingerprint density at radius 3 is 2.52 bits per heavy atom. The van der Waals surface area contributed by atoms with Crippen molar-refractivity contribution in [1.82, 2.24) is 19.9 Å². The molecule has 3 aromatic rings. The zero-order valence-corrected chi connectivity index (χ0v) is 17.7. The zero-order valence-electron chi connectivity index (χ0n) is 17.7. The van der Waals surface area contributed by atoms with Gasteiger partial charge in [-0.2, -0.15) is 5.26 Å². The van der Waals surface area contributed by atoms with Gasteiger partial charge in [-0.05, 0) is 17.5 Å². The molecular formula is C23H25N5O. The lowest BCUT2D eigenvalue weighted by Crippen LogP contribution is -2.20. The second-order valence-electron chi connectivity index (χ2n) is 9.20. The minimum absolute atomic E-state index is 0.00509. The molecule has 3 heterocycles. The third kappa shape index (κ3) is 4.40. The predicted molar refractivity (Wildman–Crippen MR) is 114 cm³/mol. The normalized spacial score (nSPS) is 12.8. The maximum atomic E-state index is 12.8. The van der Waals surface area contributed by atoms with Crippen LogP contribution in [0.5, 0.6) is 0 Å². The van der Waals surface area contributed by atoms with Gasteiger partial charge in [0.2, 0.25) is 0 Å². The zero-order chi connectivity index (χ0) is 21.4. The lowest BCUT2D eigenvalue weighted by atomic mass is 9.87. The van der Waals surface area contributed by atoms with Crippen molar-refractivity contribution in [2.24, 2.45) is 10.8 Å². The van der Waals surface area contributed by atoms with Crippen LogP contribution in [0.25, 0.3) is 28.0 Å². The Morgan fingerprint density at radius 1 is 1.17 bits per heavy atom. The number of nitriles is 1. The number of H-pyrrole nitrogens is 1. The van der Waals surface area contributed by atoms with E-state index < -0.39 is 5.41 Å². The number of nitrogens with one attached hydrogen (secondary N) is 1. The summed E-state index contributed by atoms with van der Waals surface area (Å²) >= 11 is 0. The molecule has 3 aromatic heterocycles. The molecule has 0 unspecified atom stereocenters. The van der Waals surface area contributed by atoms with Gasteiger partial charge in [0.25, 0.3) is 0 Å². The average molecular weight is 387 g/mol. The minimum atomic E-state index is -0.518. The summed E-state index contributed by atoms with van der Waals surface area (Å²) in [6.45, 7) is 11.7. The molecule has 0 aromatic carbocycles. The van der Waals surface area contributed by atoms with Crippen LogP contribution in [0.1, 0.15) is 57.6 Å². The first-order chi connectivity index (χ1) is 13.5. The van der Waals surface area contributed by atoms with Crippen molar-refractivity contribution in [3.8, 4) is 17.3 Å². The summed E-state index contributed by atoms with van der Waals surface area (Å²) in [5.74, 6) is 0.00509. The molecule has 29 heavy (non-hydrogen) atoms. The van der Waals surface area contributed by atoms with E-state index in [1.807, 2.05) is 59.8 Å². The Labute approximate surface area is 170 Å². The first-order valence-electron chi connectivity index (χ1n) is 9.48. The van der Waals surface area contributed by atoms with Crippen molar-refractivity contribution in [2.75, 3.05) is 0 Å². The highest BCUT2D eigenvalue weighted by Crippen LogP contribution is 2.28. The molecule has 1 N–H and O–H groups in total. The lowest BCUT2D eigenvalue weighted by molar-refractivity contribution is 0.0860. The summed E-state index contributed by atoms with van der Waals surface area (Å²) in [4.78, 5) is 29.3. The van der Waals surface area contributed by atoms with E-state index in [0.29, 0.717) is 33.7 Å². The third-order valence-corrected chi connectivity index (χ3v) is 4.34. The van der Waals surface area contributed by atoms with Crippen molar-refractivity contribution in [3.63, 3.8) is 0 Å². The van der Waals surface area contributed by atoms with Gasteiger partial charge in [-0.15, -0.1) is 0 Å². The van der Waals surface area contributed by atoms with Crippen LogP contribution in [0.2, 0.25) is 0 Å². The first kappa shape index (κ1) is 20.4. The fourth-order valence-corrected chi connectivity index (χ4v) is 2.94. The number of allylic oxidation sites excluding steroid dienone is 2. The van der Waals surface area contributed by atoms with Crippen molar-refractivity contribution in [2.45, 2.75) is 41.5 Å². The quantitative estimate of drug-likeness (QED) is 0.492. The molecular weight excluding hydrogens is 362 g/mol. The number of hydrogen-bond acceptors (Lipinski definition) is 5. The molecule has 0 aliphatic carbocycles. The summed E-state index contributed by atoms with van der Waals surface area (Å²) in [7, 11) is 0. The number of pyridine rings is 1. The monoisotopic (exact) mass is 387 g/mol. The number of ketones is 1. The topological polar surface area (TPSA) is 95.3 Å². The van der Waals surface area contributed by atoms with Crippen molar-refractivity contribution >= 4 is 22.5 Å². The number of Topliss-reactive ketones (excluding diaryl/α,β-unsaturated/α-hetero) is 1. The van der Waals surface area contributed by atoms with E-state index >= 15 is 0 Å².